The molecule has 4 heteroatoms. The van der Waals surface area contributed by atoms with E-state index in [4.69, 9.17) is 4.74 Å². The quantitative estimate of drug-likeness (QED) is 0.651. The van der Waals surface area contributed by atoms with Gasteiger partial charge in [0.05, 0.1) is 18.3 Å². The zero-order chi connectivity index (χ0) is 22.7. The number of carbonyl (C=O) groups excluding carboxylic acids is 1. The van der Waals surface area contributed by atoms with Gasteiger partial charge in [0, 0.05) is 20.5 Å². The maximum Gasteiger partial charge on any atom is 0.219 e. The molecule has 1 amide bonds. The van der Waals surface area contributed by atoms with Crippen LogP contribution in [0.3, 0.4) is 0 Å². The molecular formula is C28H45NO3. The van der Waals surface area contributed by atoms with Gasteiger partial charge in [-0.25, -0.2) is 0 Å². The SMILES string of the molecule is CC(=O)N(C)CC1CCC2C(CC3C4CCC5C(C)(C)[C@@H](O)CCC56CC46CCC23C)O1. The highest BCUT2D eigenvalue weighted by Crippen LogP contribution is 2.87. The summed E-state index contributed by atoms with van der Waals surface area (Å²) in [6.45, 7) is 9.74. The van der Waals surface area contributed by atoms with Crippen LogP contribution in [-0.2, 0) is 9.53 Å². The van der Waals surface area contributed by atoms with Crippen molar-refractivity contribution in [3.8, 4) is 0 Å². The summed E-state index contributed by atoms with van der Waals surface area (Å²) in [6.07, 6.45) is 13.4. The average Bonchev–Trinajstić information content (AvgIpc) is 3.32. The predicted octanol–water partition coefficient (Wildman–Crippen LogP) is 5.03. The number of fused-ring (bicyclic) bond motifs is 4. The summed E-state index contributed by atoms with van der Waals surface area (Å²) in [7, 11) is 1.91. The predicted molar refractivity (Wildman–Crippen MR) is 125 cm³/mol. The Bertz CT molecular complexity index is 810. The van der Waals surface area contributed by atoms with Crippen molar-refractivity contribution in [2.45, 2.75) is 110 Å². The second kappa shape index (κ2) is 6.74. The van der Waals surface area contributed by atoms with E-state index >= 15 is 0 Å². The molecule has 180 valence electrons. The number of nitrogens with zero attached hydrogens (tertiary/aromatic N) is 1. The molecule has 0 bridgehead atoms. The number of amides is 1. The minimum atomic E-state index is -0.117. The molecule has 9 unspecified atom stereocenters. The summed E-state index contributed by atoms with van der Waals surface area (Å²) < 4.78 is 6.74. The summed E-state index contributed by atoms with van der Waals surface area (Å²) >= 11 is 0. The third kappa shape index (κ3) is 2.60. The Balaban J connectivity index is 1.23. The highest BCUT2D eigenvalue weighted by molar-refractivity contribution is 5.72. The van der Waals surface area contributed by atoms with E-state index in [1.165, 1.54) is 51.4 Å². The summed E-state index contributed by atoms with van der Waals surface area (Å²) in [6, 6.07) is 0. The zero-order valence-electron chi connectivity index (χ0n) is 21.0. The van der Waals surface area contributed by atoms with Crippen molar-refractivity contribution in [1.29, 1.82) is 0 Å². The van der Waals surface area contributed by atoms with E-state index in [1.807, 2.05) is 11.9 Å². The topological polar surface area (TPSA) is 49.8 Å². The minimum absolute atomic E-state index is 0.0796. The molecule has 32 heavy (non-hydrogen) atoms. The van der Waals surface area contributed by atoms with Gasteiger partial charge in [-0.3, -0.25) is 4.79 Å². The Morgan fingerprint density at radius 1 is 0.969 bits per heavy atom. The van der Waals surface area contributed by atoms with Crippen LogP contribution in [0.2, 0.25) is 0 Å². The van der Waals surface area contributed by atoms with Gasteiger partial charge < -0.3 is 14.7 Å². The molecule has 1 saturated heterocycles. The number of carbonyl (C=O) groups is 1. The molecule has 0 aromatic heterocycles. The normalized spacial score (nSPS) is 55.0. The smallest absolute Gasteiger partial charge is 0.219 e. The molecule has 2 spiro atoms. The molecule has 0 aromatic carbocycles. The van der Waals surface area contributed by atoms with Crippen LogP contribution in [0, 0.1) is 45.3 Å². The van der Waals surface area contributed by atoms with E-state index in [-0.39, 0.29) is 23.5 Å². The van der Waals surface area contributed by atoms with Crippen molar-refractivity contribution in [2.75, 3.05) is 13.6 Å². The number of aliphatic hydroxyl groups is 1. The largest absolute Gasteiger partial charge is 0.393 e. The van der Waals surface area contributed by atoms with Crippen molar-refractivity contribution in [1.82, 2.24) is 4.90 Å². The summed E-state index contributed by atoms with van der Waals surface area (Å²) in [5, 5.41) is 10.8. The van der Waals surface area contributed by atoms with Gasteiger partial charge in [0.25, 0.3) is 0 Å². The Morgan fingerprint density at radius 3 is 2.47 bits per heavy atom. The van der Waals surface area contributed by atoms with Crippen LogP contribution < -0.4 is 0 Å². The second-order valence-corrected chi connectivity index (χ2v) is 13.8. The minimum Gasteiger partial charge on any atom is -0.393 e. The molecule has 6 rings (SSSR count). The molecular weight excluding hydrogens is 398 g/mol. The van der Waals surface area contributed by atoms with E-state index in [9.17, 15) is 9.90 Å². The van der Waals surface area contributed by atoms with Crippen LogP contribution in [0.15, 0.2) is 0 Å². The molecule has 1 N–H and O–H groups in total. The highest BCUT2D eigenvalue weighted by atomic mass is 16.5. The lowest BCUT2D eigenvalue weighted by atomic mass is 9.46. The standard InChI is InChI=1S/C28H45NO3/c1-17(30)29(5)15-18-6-7-20-22(32-18)14-21-19-8-9-23-25(2,3)24(31)10-11-28(23)16-27(19,28)13-12-26(20,21)4/h18-24,31H,6-16H2,1-5H3/t18?,19?,20?,21?,22?,23?,24-,26?,27?,28?/m0/s1. The summed E-state index contributed by atoms with van der Waals surface area (Å²) in [5.41, 5.74) is 1.62. The first-order valence-corrected chi connectivity index (χ1v) is 13.6. The molecule has 4 nitrogen and oxygen atoms in total. The molecule has 5 saturated carbocycles. The van der Waals surface area contributed by atoms with Crippen molar-refractivity contribution in [2.24, 2.45) is 45.3 Å². The molecule has 6 aliphatic rings. The molecule has 5 aliphatic carbocycles. The van der Waals surface area contributed by atoms with Crippen LogP contribution in [0.4, 0.5) is 0 Å². The first kappa shape index (κ1) is 21.9. The Morgan fingerprint density at radius 2 is 1.72 bits per heavy atom. The van der Waals surface area contributed by atoms with Gasteiger partial charge in [0.15, 0.2) is 0 Å². The van der Waals surface area contributed by atoms with Crippen LogP contribution >= 0.6 is 0 Å². The molecule has 10 atom stereocenters. The van der Waals surface area contributed by atoms with Gasteiger partial charge in [-0.15, -0.1) is 0 Å². The fraction of sp³-hybridized carbons (Fsp3) is 0.964. The van der Waals surface area contributed by atoms with Crippen molar-refractivity contribution >= 4 is 5.91 Å². The van der Waals surface area contributed by atoms with E-state index in [1.54, 1.807) is 6.92 Å². The zero-order valence-corrected chi connectivity index (χ0v) is 21.0. The van der Waals surface area contributed by atoms with Crippen molar-refractivity contribution < 1.29 is 14.6 Å². The number of ether oxygens (including phenoxy) is 1. The number of aliphatic hydroxyl groups excluding tert-OH is 1. The van der Waals surface area contributed by atoms with Crippen LogP contribution in [0.1, 0.15) is 91.9 Å². The number of rotatable bonds is 2. The maximum absolute atomic E-state index is 11.7. The molecule has 0 aromatic rings. The average molecular weight is 444 g/mol. The van der Waals surface area contributed by atoms with Crippen molar-refractivity contribution in [3.63, 3.8) is 0 Å². The van der Waals surface area contributed by atoms with Gasteiger partial charge in [-0.2, -0.15) is 0 Å². The van der Waals surface area contributed by atoms with Crippen LogP contribution in [-0.4, -0.2) is 47.8 Å². The lowest BCUT2D eigenvalue weighted by molar-refractivity contribution is -0.138. The lowest BCUT2D eigenvalue weighted by Gasteiger charge is -2.59. The first-order valence-electron chi connectivity index (χ1n) is 13.6. The van der Waals surface area contributed by atoms with Gasteiger partial charge in [0.2, 0.25) is 5.91 Å². The van der Waals surface area contributed by atoms with E-state index in [0.29, 0.717) is 34.2 Å². The van der Waals surface area contributed by atoms with Crippen molar-refractivity contribution in [3.05, 3.63) is 0 Å². The Labute approximate surface area is 194 Å². The highest BCUT2D eigenvalue weighted by Gasteiger charge is 2.80. The molecule has 6 fully saturated rings. The number of hydrogen-bond acceptors (Lipinski definition) is 3. The molecule has 1 heterocycles. The monoisotopic (exact) mass is 443 g/mol. The number of hydrogen-bond donors (Lipinski definition) is 1. The van der Waals surface area contributed by atoms with E-state index in [0.717, 1.165) is 31.2 Å². The summed E-state index contributed by atoms with van der Waals surface area (Å²) in [5.74, 6) is 3.24. The maximum atomic E-state index is 11.7. The van der Waals surface area contributed by atoms with Gasteiger partial charge in [-0.05, 0) is 110 Å². The molecule has 1 aliphatic heterocycles. The van der Waals surface area contributed by atoms with Gasteiger partial charge >= 0.3 is 0 Å². The van der Waals surface area contributed by atoms with Crippen LogP contribution in [0.5, 0.6) is 0 Å². The summed E-state index contributed by atoms with van der Waals surface area (Å²) in [4.78, 5) is 13.6. The third-order valence-corrected chi connectivity index (χ3v) is 12.7. The first-order chi connectivity index (χ1) is 15.0. The van der Waals surface area contributed by atoms with E-state index in [2.05, 4.69) is 20.8 Å². The fourth-order valence-corrected chi connectivity index (χ4v) is 10.9. The Hall–Kier alpha value is -0.610. The van der Waals surface area contributed by atoms with Gasteiger partial charge in [-0.1, -0.05) is 20.8 Å². The molecule has 0 radical (unpaired) electrons. The van der Waals surface area contributed by atoms with Crippen LogP contribution in [0.25, 0.3) is 0 Å². The fourth-order valence-electron chi connectivity index (χ4n) is 10.9. The second-order valence-electron chi connectivity index (χ2n) is 13.8. The Kier molecular flexibility index (Phi) is 4.61. The third-order valence-electron chi connectivity index (χ3n) is 12.7. The lowest BCUT2D eigenvalue weighted by Crippen LogP contribution is -2.54. The van der Waals surface area contributed by atoms with Gasteiger partial charge in [0.1, 0.15) is 0 Å². The van der Waals surface area contributed by atoms with E-state index < -0.39 is 0 Å². The number of likely N-dealkylation sites (N-methyl/N-ethyl adjacent to an activating group) is 1.